The first kappa shape index (κ1) is 33.9. The average Bonchev–Trinajstić information content (AvgIpc) is 2.96. The highest BCUT2D eigenvalue weighted by atomic mass is 35.6. The molecule has 1 fully saturated rings. The van der Waals surface area contributed by atoms with Crippen molar-refractivity contribution in [3.8, 4) is 5.75 Å². The number of halogens is 3. The fourth-order valence-corrected chi connectivity index (χ4v) is 5.66. The van der Waals surface area contributed by atoms with E-state index in [9.17, 15) is 19.5 Å². The van der Waals surface area contributed by atoms with Gasteiger partial charge in [-0.1, -0.05) is 77.3 Å². The summed E-state index contributed by atoms with van der Waals surface area (Å²) in [6.07, 6.45) is 0.167. The Morgan fingerprint density at radius 3 is 2.32 bits per heavy atom. The zero-order valence-corrected chi connectivity index (χ0v) is 27.4. The second-order valence-corrected chi connectivity index (χ2v) is 13.7. The molecule has 0 saturated carbocycles. The fourth-order valence-electron chi connectivity index (χ4n) is 5.54. The van der Waals surface area contributed by atoms with Gasteiger partial charge in [-0.25, -0.2) is 4.79 Å². The molecule has 0 radical (unpaired) electrons. The van der Waals surface area contributed by atoms with E-state index in [0.29, 0.717) is 29.7 Å². The number of piperazine rings is 1. The zero-order valence-electron chi connectivity index (χ0n) is 25.1. The molecule has 4 rings (SSSR count). The van der Waals surface area contributed by atoms with Crippen LogP contribution in [0.25, 0.3) is 5.57 Å². The third-order valence-electron chi connectivity index (χ3n) is 8.08. The molecule has 2 bridgehead atoms. The van der Waals surface area contributed by atoms with Gasteiger partial charge in [0.1, 0.15) is 12.4 Å². The van der Waals surface area contributed by atoms with E-state index in [2.05, 4.69) is 0 Å². The van der Waals surface area contributed by atoms with Crippen molar-refractivity contribution >= 4 is 58.3 Å². The summed E-state index contributed by atoms with van der Waals surface area (Å²) in [6.45, 7) is 4.85. The molecule has 2 atom stereocenters. The van der Waals surface area contributed by atoms with E-state index in [1.807, 2.05) is 36.4 Å². The molecule has 238 valence electrons. The highest BCUT2D eigenvalue weighted by Gasteiger charge is 2.50. The Labute approximate surface area is 272 Å². The van der Waals surface area contributed by atoms with Crippen LogP contribution in [-0.4, -0.2) is 87.8 Å². The Balaban J connectivity index is 1.72. The van der Waals surface area contributed by atoms with Gasteiger partial charge in [-0.05, 0) is 55.0 Å². The van der Waals surface area contributed by atoms with Crippen LogP contribution in [0, 0.1) is 0 Å². The molecule has 1 saturated heterocycles. The van der Waals surface area contributed by atoms with Gasteiger partial charge in [0.25, 0.3) is 0 Å². The number of carbonyl (C=O) groups excluding carboxylic acids is 3. The van der Waals surface area contributed by atoms with Crippen molar-refractivity contribution in [2.24, 2.45) is 0 Å². The van der Waals surface area contributed by atoms with E-state index < -0.39 is 33.5 Å². The maximum absolute atomic E-state index is 13.8. The van der Waals surface area contributed by atoms with Gasteiger partial charge >= 0.3 is 12.1 Å². The van der Waals surface area contributed by atoms with Crippen molar-refractivity contribution in [1.82, 2.24) is 9.80 Å². The van der Waals surface area contributed by atoms with Crippen LogP contribution in [0.3, 0.4) is 0 Å². The van der Waals surface area contributed by atoms with Crippen LogP contribution < -0.4 is 4.74 Å². The number of ether oxygens (including phenoxy) is 3. The number of aliphatic hydroxyl groups excluding tert-OH is 1. The Hall–Kier alpha value is -2.98. The molecule has 2 unspecified atom stereocenters. The normalized spacial score (nSPS) is 18.6. The number of alkyl halides is 3. The predicted molar refractivity (Wildman–Crippen MR) is 169 cm³/mol. The summed E-state index contributed by atoms with van der Waals surface area (Å²) in [6, 6.07) is 13.9. The van der Waals surface area contributed by atoms with Crippen molar-refractivity contribution in [3.05, 3.63) is 70.8 Å². The molecule has 0 aromatic heterocycles. The Morgan fingerprint density at radius 1 is 1.02 bits per heavy atom. The van der Waals surface area contributed by atoms with E-state index in [4.69, 9.17) is 49.0 Å². The van der Waals surface area contributed by atoms with E-state index in [1.165, 1.54) is 27.9 Å². The second-order valence-electron chi connectivity index (χ2n) is 11.4. The predicted octanol–water partition coefficient (Wildman–Crippen LogP) is 5.36. The summed E-state index contributed by atoms with van der Waals surface area (Å²) in [5, 5.41) is 9.36. The number of hydrogen-bond acceptors (Lipinski definition) is 7. The van der Waals surface area contributed by atoms with Crippen molar-refractivity contribution in [2.45, 2.75) is 61.5 Å². The maximum Gasteiger partial charge on any atom is 0.411 e. The number of fused-ring (bicyclic) bond motifs is 2. The summed E-state index contributed by atoms with van der Waals surface area (Å²) >= 11 is 18.4. The lowest BCUT2D eigenvalue weighted by Gasteiger charge is -2.51. The lowest BCUT2D eigenvalue weighted by atomic mass is 9.82. The first-order chi connectivity index (χ1) is 20.8. The topological polar surface area (TPSA) is 106 Å². The summed E-state index contributed by atoms with van der Waals surface area (Å²) in [4.78, 5) is 42.7. The molecule has 2 aromatic rings. The van der Waals surface area contributed by atoms with Crippen LogP contribution in [0.4, 0.5) is 4.79 Å². The van der Waals surface area contributed by atoms with Gasteiger partial charge in [0.05, 0.1) is 25.6 Å². The molecule has 9 nitrogen and oxygen atoms in total. The molecule has 44 heavy (non-hydrogen) atoms. The van der Waals surface area contributed by atoms with Gasteiger partial charge in [-0.2, -0.15) is 0 Å². The number of methoxy groups -OCH3 is 1. The van der Waals surface area contributed by atoms with Crippen LogP contribution in [0.1, 0.15) is 43.9 Å². The van der Waals surface area contributed by atoms with Crippen molar-refractivity contribution in [2.75, 3.05) is 33.4 Å². The number of rotatable bonds is 9. The Kier molecular flexibility index (Phi) is 10.8. The highest BCUT2D eigenvalue weighted by Crippen LogP contribution is 2.43. The van der Waals surface area contributed by atoms with Gasteiger partial charge in [-0.15, -0.1) is 0 Å². The van der Waals surface area contributed by atoms with Crippen LogP contribution in [0.2, 0.25) is 0 Å². The number of hydrogen-bond donors (Lipinski definition) is 1. The number of aliphatic hydroxyl groups is 1. The monoisotopic (exact) mass is 666 g/mol. The van der Waals surface area contributed by atoms with Gasteiger partial charge in [0.2, 0.25) is 9.70 Å². The summed E-state index contributed by atoms with van der Waals surface area (Å²) in [5.74, 6) is -0.0471. The molecule has 2 aliphatic rings. The van der Waals surface area contributed by atoms with E-state index in [0.717, 1.165) is 16.7 Å². The molecule has 2 amide bonds. The molecule has 2 aliphatic heterocycles. The van der Waals surface area contributed by atoms with E-state index in [1.54, 1.807) is 21.9 Å². The van der Waals surface area contributed by atoms with Gasteiger partial charge in [-0.3, -0.25) is 14.5 Å². The lowest BCUT2D eigenvalue weighted by Crippen LogP contribution is -2.65. The smallest absolute Gasteiger partial charge is 0.411 e. The standard InChI is InChI=1S/C32H37Cl3N2O7/c1-20(39)36-17-24-16-25(22-11-9-21(10-12-22)13-14-38)26(19-43-29(40)15-23-7-5-6-8-28(23)42-4)27(18-36)37(24)30(41)44-31(2,3)32(33,34)35/h5-12,24,27,38H,13-19H2,1-4H3. The van der Waals surface area contributed by atoms with Gasteiger partial charge < -0.3 is 24.2 Å². The third-order valence-corrected chi connectivity index (χ3v) is 9.45. The van der Waals surface area contributed by atoms with Crippen LogP contribution in [0.15, 0.2) is 54.1 Å². The molecule has 0 aliphatic carbocycles. The minimum absolute atomic E-state index is 0.0153. The van der Waals surface area contributed by atoms with Crippen molar-refractivity contribution in [1.29, 1.82) is 0 Å². The van der Waals surface area contributed by atoms with E-state index in [-0.39, 0.29) is 38.6 Å². The fraction of sp³-hybridized carbons (Fsp3) is 0.469. The Morgan fingerprint density at radius 2 is 1.70 bits per heavy atom. The number of nitrogens with zero attached hydrogens (tertiary/aromatic N) is 2. The minimum atomic E-state index is -1.90. The SMILES string of the molecule is COc1ccccc1CC(=O)OCC1=C(c2ccc(CCO)cc2)CC2CN(C(C)=O)CC1N2C(=O)OC(C)(C)C(Cl)(Cl)Cl. The molecule has 12 heteroatoms. The summed E-state index contributed by atoms with van der Waals surface area (Å²) in [7, 11) is 1.53. The molecular weight excluding hydrogens is 631 g/mol. The number of para-hydroxylation sites is 1. The molecule has 2 heterocycles. The second kappa shape index (κ2) is 14.0. The minimum Gasteiger partial charge on any atom is -0.496 e. The molecular formula is C32H37Cl3N2O7. The van der Waals surface area contributed by atoms with Crippen molar-refractivity contribution in [3.63, 3.8) is 0 Å². The molecule has 1 N–H and O–H groups in total. The first-order valence-electron chi connectivity index (χ1n) is 14.3. The average molecular weight is 668 g/mol. The zero-order chi connectivity index (χ0) is 32.2. The molecule has 0 spiro atoms. The highest BCUT2D eigenvalue weighted by molar-refractivity contribution is 6.68. The number of esters is 1. The first-order valence-corrected chi connectivity index (χ1v) is 15.4. The van der Waals surface area contributed by atoms with Crippen LogP contribution in [-0.2, 0) is 31.9 Å². The largest absolute Gasteiger partial charge is 0.496 e. The number of benzene rings is 2. The molecule has 2 aromatic carbocycles. The van der Waals surface area contributed by atoms with Crippen LogP contribution >= 0.6 is 34.8 Å². The number of amides is 2. The summed E-state index contributed by atoms with van der Waals surface area (Å²) in [5.41, 5.74) is 2.66. The van der Waals surface area contributed by atoms with E-state index >= 15 is 0 Å². The Bertz CT molecular complexity index is 1410. The third kappa shape index (κ3) is 7.62. The van der Waals surface area contributed by atoms with Crippen molar-refractivity contribution < 1.29 is 33.7 Å². The quantitative estimate of drug-likeness (QED) is 0.284. The maximum atomic E-state index is 13.8. The lowest BCUT2D eigenvalue weighted by molar-refractivity contribution is -0.142. The summed E-state index contributed by atoms with van der Waals surface area (Å²) < 4.78 is 15.1. The van der Waals surface area contributed by atoms with Gasteiger partial charge in [0, 0.05) is 32.2 Å². The number of carbonyl (C=O) groups is 3. The van der Waals surface area contributed by atoms with Gasteiger partial charge in [0.15, 0.2) is 5.60 Å². The van der Waals surface area contributed by atoms with Crippen LogP contribution in [0.5, 0.6) is 5.75 Å².